The molecule has 202 valence electrons. The molecule has 3 saturated heterocycles. The highest BCUT2D eigenvalue weighted by atomic mass is 32.2. The zero-order valence-corrected chi connectivity index (χ0v) is 23.0. The Hall–Kier alpha value is -2.84. The van der Waals surface area contributed by atoms with Gasteiger partial charge < -0.3 is 20.6 Å². The minimum Gasteiger partial charge on any atom is -0.394 e. The van der Waals surface area contributed by atoms with Crippen LogP contribution in [0.2, 0.25) is 0 Å². The lowest BCUT2D eigenvalue weighted by Gasteiger charge is -2.40. The second-order valence-electron chi connectivity index (χ2n) is 11.3. The van der Waals surface area contributed by atoms with E-state index in [1.807, 2.05) is 74.5 Å². The molecule has 0 aliphatic carbocycles. The van der Waals surface area contributed by atoms with Crippen LogP contribution in [-0.4, -0.2) is 56.4 Å². The van der Waals surface area contributed by atoms with Crippen LogP contribution in [0.3, 0.4) is 0 Å². The Balaban J connectivity index is 1.50. The maximum atomic E-state index is 14.3. The van der Waals surface area contributed by atoms with Crippen molar-refractivity contribution in [2.45, 2.75) is 62.2 Å². The third kappa shape index (κ3) is 4.51. The first kappa shape index (κ1) is 26.8. The van der Waals surface area contributed by atoms with Gasteiger partial charge in [-0.2, -0.15) is 0 Å². The Labute approximate surface area is 228 Å². The van der Waals surface area contributed by atoms with Crippen molar-refractivity contribution in [3.05, 3.63) is 66.2 Å². The molecular formula is C30H37N3O4S. The Kier molecular flexibility index (Phi) is 7.56. The van der Waals surface area contributed by atoms with Crippen LogP contribution in [0.4, 0.5) is 5.69 Å². The number of hydrogen-bond acceptors (Lipinski definition) is 5. The van der Waals surface area contributed by atoms with Gasteiger partial charge in [0.25, 0.3) is 0 Å². The van der Waals surface area contributed by atoms with Crippen molar-refractivity contribution < 1.29 is 19.5 Å². The van der Waals surface area contributed by atoms with Crippen molar-refractivity contribution in [1.29, 1.82) is 0 Å². The van der Waals surface area contributed by atoms with Gasteiger partial charge in [-0.05, 0) is 42.4 Å². The number of carbonyl (C=O) groups excluding carboxylic acids is 3. The largest absolute Gasteiger partial charge is 0.394 e. The third-order valence-electron chi connectivity index (χ3n) is 8.43. The molecule has 3 heterocycles. The molecule has 3 aliphatic rings. The van der Waals surface area contributed by atoms with Crippen molar-refractivity contribution in [2.75, 3.05) is 11.9 Å². The maximum Gasteiger partial charge on any atom is 0.244 e. The van der Waals surface area contributed by atoms with E-state index in [0.717, 1.165) is 12.0 Å². The van der Waals surface area contributed by atoms with Gasteiger partial charge >= 0.3 is 0 Å². The summed E-state index contributed by atoms with van der Waals surface area (Å²) in [6, 6.07) is 17.8. The number of carbonyl (C=O) groups is 3. The van der Waals surface area contributed by atoms with E-state index in [-0.39, 0.29) is 41.4 Å². The fourth-order valence-electron chi connectivity index (χ4n) is 6.90. The van der Waals surface area contributed by atoms with E-state index in [1.165, 1.54) is 0 Å². The smallest absolute Gasteiger partial charge is 0.244 e. The van der Waals surface area contributed by atoms with Crippen LogP contribution >= 0.6 is 11.8 Å². The number of rotatable bonds is 9. The van der Waals surface area contributed by atoms with Gasteiger partial charge in [-0.25, -0.2) is 0 Å². The summed E-state index contributed by atoms with van der Waals surface area (Å²) in [4.78, 5) is 43.6. The molecule has 0 radical (unpaired) electrons. The van der Waals surface area contributed by atoms with Crippen molar-refractivity contribution in [3.63, 3.8) is 0 Å². The fourth-order valence-corrected chi connectivity index (χ4v) is 9.31. The first-order valence-electron chi connectivity index (χ1n) is 13.6. The minimum atomic E-state index is -0.751. The zero-order chi connectivity index (χ0) is 27.0. The quantitative estimate of drug-likeness (QED) is 0.455. The van der Waals surface area contributed by atoms with Gasteiger partial charge in [0.2, 0.25) is 17.7 Å². The predicted octanol–water partition coefficient (Wildman–Crippen LogP) is 3.69. The molecule has 3 aliphatic heterocycles. The molecule has 7 atom stereocenters. The molecule has 3 fully saturated rings. The molecule has 2 aromatic carbocycles. The topological polar surface area (TPSA) is 98.7 Å². The van der Waals surface area contributed by atoms with E-state index >= 15 is 0 Å². The molecule has 0 aromatic heterocycles. The minimum absolute atomic E-state index is 0.0353. The summed E-state index contributed by atoms with van der Waals surface area (Å²) in [5.41, 5.74) is 1.67. The van der Waals surface area contributed by atoms with Crippen molar-refractivity contribution in [3.8, 4) is 0 Å². The first-order chi connectivity index (χ1) is 18.3. The Morgan fingerprint density at radius 3 is 2.37 bits per heavy atom. The van der Waals surface area contributed by atoms with E-state index in [2.05, 4.69) is 17.6 Å². The van der Waals surface area contributed by atoms with E-state index in [0.29, 0.717) is 18.7 Å². The molecule has 8 heteroatoms. The Bertz CT molecular complexity index is 1180. The second-order valence-corrected chi connectivity index (χ2v) is 12.9. The summed E-state index contributed by atoms with van der Waals surface area (Å²) in [5.74, 6) is -1.41. The van der Waals surface area contributed by atoms with Gasteiger partial charge in [0.1, 0.15) is 6.04 Å². The fraction of sp³-hybridized carbons (Fsp3) is 0.500. The molecule has 3 amide bonds. The number of likely N-dealkylation sites (tertiary alicyclic amines) is 1. The number of hydrogen-bond donors (Lipinski definition) is 3. The molecule has 38 heavy (non-hydrogen) atoms. The zero-order valence-electron chi connectivity index (χ0n) is 22.2. The number of anilines is 1. The van der Waals surface area contributed by atoms with Crippen LogP contribution in [0.5, 0.6) is 0 Å². The van der Waals surface area contributed by atoms with Crippen LogP contribution < -0.4 is 10.6 Å². The average Bonchev–Trinajstić information content (AvgIpc) is 3.50. The highest BCUT2D eigenvalue weighted by Gasteiger charge is 2.76. The monoisotopic (exact) mass is 535 g/mol. The summed E-state index contributed by atoms with van der Waals surface area (Å²) in [6.45, 7) is 6.33. The summed E-state index contributed by atoms with van der Waals surface area (Å²) >= 11 is 1.65. The molecule has 2 bridgehead atoms. The number of para-hydroxylation sites is 1. The van der Waals surface area contributed by atoms with Crippen molar-refractivity contribution >= 4 is 35.2 Å². The summed E-state index contributed by atoms with van der Waals surface area (Å²) in [7, 11) is 0. The lowest BCUT2D eigenvalue weighted by Crippen LogP contribution is -2.58. The summed E-state index contributed by atoms with van der Waals surface area (Å²) < 4.78 is -0.717. The van der Waals surface area contributed by atoms with E-state index in [1.54, 1.807) is 16.7 Å². The van der Waals surface area contributed by atoms with Gasteiger partial charge in [0.05, 0.1) is 29.2 Å². The summed E-state index contributed by atoms with van der Waals surface area (Å²) in [5, 5.41) is 16.5. The molecule has 3 N–H and O–H groups in total. The molecule has 3 unspecified atom stereocenters. The average molecular weight is 536 g/mol. The Morgan fingerprint density at radius 1 is 1.08 bits per heavy atom. The van der Waals surface area contributed by atoms with Gasteiger partial charge in [-0.1, -0.05) is 69.3 Å². The predicted molar refractivity (Wildman–Crippen MR) is 149 cm³/mol. The van der Waals surface area contributed by atoms with Crippen molar-refractivity contribution in [2.24, 2.45) is 23.7 Å². The third-order valence-corrected chi connectivity index (χ3v) is 10.5. The number of fused-ring (bicyclic) bond motifs is 1. The van der Waals surface area contributed by atoms with Crippen LogP contribution in [0, 0.1) is 23.7 Å². The van der Waals surface area contributed by atoms with Gasteiger partial charge in [0, 0.05) is 17.5 Å². The summed E-state index contributed by atoms with van der Waals surface area (Å²) in [6.07, 6.45) is 1.35. The number of aliphatic hydroxyl groups excluding tert-OH is 1. The molecule has 2 aromatic rings. The molecule has 5 rings (SSSR count). The standard InChI is InChI=1S/C30H37N3O4S/c1-18(2)14-22(17-34)33-26(28(36)31-16-20-10-6-4-7-11-20)30-19(3)15-23(38-30)24(25(30)29(33)37)27(35)32-21-12-8-5-9-13-21/h4-13,18-19,22-26,34H,14-17H2,1-3H3,(H,31,36)(H,32,35)/t19?,22-,23+,24-,25+,26?,30?/m1/s1. The number of nitrogens with zero attached hydrogens (tertiary/aromatic N) is 1. The van der Waals surface area contributed by atoms with Gasteiger partial charge in [-0.15, -0.1) is 11.8 Å². The maximum absolute atomic E-state index is 14.3. The van der Waals surface area contributed by atoms with Crippen molar-refractivity contribution in [1.82, 2.24) is 10.2 Å². The van der Waals surface area contributed by atoms with E-state index in [9.17, 15) is 19.5 Å². The molecule has 0 saturated carbocycles. The Morgan fingerprint density at radius 2 is 1.74 bits per heavy atom. The number of amides is 3. The van der Waals surface area contributed by atoms with Gasteiger partial charge in [-0.3, -0.25) is 14.4 Å². The van der Waals surface area contributed by atoms with Crippen LogP contribution in [-0.2, 0) is 20.9 Å². The number of aliphatic hydroxyl groups is 1. The number of thioether (sulfide) groups is 1. The lowest BCUT2D eigenvalue weighted by atomic mass is 9.66. The van der Waals surface area contributed by atoms with E-state index in [4.69, 9.17) is 0 Å². The normalized spacial score (nSPS) is 30.4. The first-order valence-corrected chi connectivity index (χ1v) is 14.4. The molecule has 1 spiro atoms. The number of nitrogens with one attached hydrogen (secondary N) is 2. The van der Waals surface area contributed by atoms with E-state index < -0.39 is 28.7 Å². The highest BCUT2D eigenvalue weighted by Crippen LogP contribution is 2.69. The SMILES string of the molecule is CC(C)C[C@H](CO)N1C(=O)[C@@H]2[C@H](C(=O)Nc3ccccc3)[C@@H]3CC(C)C2(S3)C1C(=O)NCc1ccccc1. The van der Waals surface area contributed by atoms with Gasteiger partial charge in [0.15, 0.2) is 0 Å². The van der Waals surface area contributed by atoms with Crippen LogP contribution in [0.25, 0.3) is 0 Å². The second kappa shape index (κ2) is 10.7. The van der Waals surface area contributed by atoms with Crippen LogP contribution in [0.1, 0.15) is 39.2 Å². The van der Waals surface area contributed by atoms with Crippen LogP contribution in [0.15, 0.2) is 60.7 Å². The molecular weight excluding hydrogens is 498 g/mol. The lowest BCUT2D eigenvalue weighted by molar-refractivity contribution is -0.142. The highest BCUT2D eigenvalue weighted by molar-refractivity contribution is 8.02. The number of benzene rings is 2. The molecule has 7 nitrogen and oxygen atoms in total.